The highest BCUT2D eigenvalue weighted by molar-refractivity contribution is 5.89. The van der Waals surface area contributed by atoms with Crippen LogP contribution in [-0.4, -0.2) is 58.6 Å². The number of anilines is 1. The van der Waals surface area contributed by atoms with Crippen LogP contribution in [0.1, 0.15) is 0 Å². The third kappa shape index (κ3) is 7.18. The second kappa shape index (κ2) is 10.8. The van der Waals surface area contributed by atoms with Crippen LogP contribution in [0.25, 0.3) is 5.69 Å². The number of carbonyl (C=O) groups excluding carboxylic acids is 1. The first-order valence-electron chi connectivity index (χ1n) is 9.75. The number of nitrogens with one attached hydrogen (secondary N) is 1. The van der Waals surface area contributed by atoms with Gasteiger partial charge in [-0.2, -0.15) is 26.3 Å². The Labute approximate surface area is 192 Å². The number of aromatic nitrogens is 1. The van der Waals surface area contributed by atoms with Crippen molar-refractivity contribution in [2.24, 2.45) is 17.6 Å². The van der Waals surface area contributed by atoms with E-state index in [1.807, 2.05) is 0 Å². The summed E-state index contributed by atoms with van der Waals surface area (Å²) in [5.41, 5.74) is 5.09. The maximum atomic E-state index is 14.4. The van der Waals surface area contributed by atoms with Crippen LogP contribution in [0.4, 0.5) is 41.2 Å². The van der Waals surface area contributed by atoms with Crippen LogP contribution in [0, 0.1) is 17.7 Å². The Balaban J connectivity index is 0.000000540. The maximum Gasteiger partial charge on any atom is 0.490 e. The van der Waals surface area contributed by atoms with Crippen LogP contribution in [0.3, 0.4) is 0 Å². The fourth-order valence-corrected chi connectivity index (χ4v) is 3.24. The molecule has 1 saturated heterocycles. The SMILES string of the molecule is NC[C@@H]1CN(C(=O)Nc2ccc(-n3ccccc3=O)cc2F)C[C@H]1C(F)(F)F.O=C(O)C(F)(F)F. The van der Waals surface area contributed by atoms with Crippen molar-refractivity contribution in [3.8, 4) is 5.69 Å². The summed E-state index contributed by atoms with van der Waals surface area (Å²) in [6.07, 6.45) is -8.08. The van der Waals surface area contributed by atoms with Gasteiger partial charge in [-0.05, 0) is 24.7 Å². The van der Waals surface area contributed by atoms with Gasteiger partial charge in [-0.1, -0.05) is 6.07 Å². The summed E-state index contributed by atoms with van der Waals surface area (Å²) in [5, 5.41) is 9.40. The number of carboxylic acids is 1. The molecule has 1 aliphatic heterocycles. The molecule has 1 aromatic heterocycles. The van der Waals surface area contributed by atoms with Gasteiger partial charge in [0.15, 0.2) is 0 Å². The molecular formula is C20H19F7N4O4. The topological polar surface area (TPSA) is 118 Å². The summed E-state index contributed by atoms with van der Waals surface area (Å²) in [7, 11) is 0. The summed E-state index contributed by atoms with van der Waals surface area (Å²) in [5.74, 6) is -6.18. The zero-order valence-electron chi connectivity index (χ0n) is 17.6. The zero-order chi connectivity index (χ0) is 26.6. The lowest BCUT2D eigenvalue weighted by molar-refractivity contribution is -0.192. The van der Waals surface area contributed by atoms with Crippen molar-refractivity contribution < 1.29 is 45.4 Å². The Morgan fingerprint density at radius 1 is 1.09 bits per heavy atom. The zero-order valence-corrected chi connectivity index (χ0v) is 17.6. The van der Waals surface area contributed by atoms with Gasteiger partial charge in [0.25, 0.3) is 5.56 Å². The molecule has 192 valence electrons. The quantitative estimate of drug-likeness (QED) is 0.546. The number of carbonyl (C=O) groups is 2. The number of aliphatic carboxylic acids is 1. The number of nitrogens with two attached hydrogens (primary N) is 1. The lowest BCUT2D eigenvalue weighted by Crippen LogP contribution is -2.35. The highest BCUT2D eigenvalue weighted by Gasteiger charge is 2.50. The molecule has 0 radical (unpaired) electrons. The van der Waals surface area contributed by atoms with Crippen LogP contribution in [0.5, 0.6) is 0 Å². The van der Waals surface area contributed by atoms with Gasteiger partial charge in [0.2, 0.25) is 0 Å². The van der Waals surface area contributed by atoms with E-state index in [1.165, 1.54) is 29.0 Å². The number of rotatable bonds is 3. The first-order valence-corrected chi connectivity index (χ1v) is 9.75. The maximum absolute atomic E-state index is 14.4. The van der Waals surface area contributed by atoms with E-state index in [1.54, 1.807) is 12.1 Å². The Morgan fingerprint density at radius 3 is 2.17 bits per heavy atom. The lowest BCUT2D eigenvalue weighted by atomic mass is 9.96. The number of halogens is 7. The number of hydrogen-bond donors (Lipinski definition) is 3. The average molecular weight is 512 g/mol. The molecule has 0 saturated carbocycles. The first kappa shape index (κ1) is 27.6. The molecule has 2 amide bonds. The standard InChI is InChI=1S/C18H18F4N4O2.C2HF3O2/c19-14-7-12(26-6-2-1-3-16(26)27)4-5-15(14)24-17(28)25-9-11(8-23)13(10-25)18(20,21)22;3-2(4,5)1(6)7/h1-7,11,13H,8-10,23H2,(H,24,28);(H,6,7)/t11-,13-;/m1./s1. The summed E-state index contributed by atoms with van der Waals surface area (Å²) in [6, 6.07) is 7.35. The smallest absolute Gasteiger partial charge is 0.475 e. The van der Waals surface area contributed by atoms with Crippen molar-refractivity contribution in [3.05, 3.63) is 58.8 Å². The van der Waals surface area contributed by atoms with Gasteiger partial charge in [0.05, 0.1) is 17.3 Å². The highest BCUT2D eigenvalue weighted by Crippen LogP contribution is 2.37. The third-order valence-electron chi connectivity index (χ3n) is 4.99. The van der Waals surface area contributed by atoms with E-state index < -0.39 is 48.6 Å². The van der Waals surface area contributed by atoms with Crippen molar-refractivity contribution in [3.63, 3.8) is 0 Å². The average Bonchev–Trinajstić information content (AvgIpc) is 3.21. The van der Waals surface area contributed by atoms with Gasteiger partial charge in [0.1, 0.15) is 5.82 Å². The minimum atomic E-state index is -5.08. The van der Waals surface area contributed by atoms with Gasteiger partial charge >= 0.3 is 24.4 Å². The molecule has 0 aliphatic carbocycles. The molecule has 1 aromatic carbocycles. The predicted octanol–water partition coefficient (Wildman–Crippen LogP) is 3.21. The minimum Gasteiger partial charge on any atom is -0.475 e. The van der Waals surface area contributed by atoms with Crippen molar-refractivity contribution in [1.29, 1.82) is 0 Å². The van der Waals surface area contributed by atoms with E-state index in [4.69, 9.17) is 15.6 Å². The Morgan fingerprint density at radius 2 is 1.71 bits per heavy atom. The van der Waals surface area contributed by atoms with Gasteiger partial charge in [0, 0.05) is 37.3 Å². The number of benzene rings is 1. The monoisotopic (exact) mass is 512 g/mol. The lowest BCUT2D eigenvalue weighted by Gasteiger charge is -2.19. The van der Waals surface area contributed by atoms with E-state index in [9.17, 15) is 40.3 Å². The van der Waals surface area contributed by atoms with Gasteiger partial charge in [-0.3, -0.25) is 9.36 Å². The summed E-state index contributed by atoms with van der Waals surface area (Å²) < 4.78 is 86.5. The number of urea groups is 1. The molecular weight excluding hydrogens is 493 g/mol. The molecule has 2 aromatic rings. The second-order valence-corrected chi connectivity index (χ2v) is 7.35. The van der Waals surface area contributed by atoms with Crippen molar-refractivity contribution in [2.75, 3.05) is 25.0 Å². The molecule has 35 heavy (non-hydrogen) atoms. The molecule has 15 heteroatoms. The van der Waals surface area contributed by atoms with Gasteiger partial charge < -0.3 is 21.1 Å². The fourth-order valence-electron chi connectivity index (χ4n) is 3.24. The molecule has 0 unspecified atom stereocenters. The van der Waals surface area contributed by atoms with Crippen molar-refractivity contribution in [1.82, 2.24) is 9.47 Å². The third-order valence-corrected chi connectivity index (χ3v) is 4.99. The summed E-state index contributed by atoms with van der Waals surface area (Å²) >= 11 is 0. The van der Waals surface area contributed by atoms with E-state index in [2.05, 4.69) is 5.32 Å². The first-order chi connectivity index (χ1) is 16.1. The van der Waals surface area contributed by atoms with Crippen LogP contribution < -0.4 is 16.6 Å². The predicted molar refractivity (Wildman–Crippen MR) is 108 cm³/mol. The minimum absolute atomic E-state index is 0.161. The van der Waals surface area contributed by atoms with Crippen LogP contribution >= 0.6 is 0 Å². The molecule has 1 fully saturated rings. The van der Waals surface area contributed by atoms with Crippen molar-refractivity contribution >= 4 is 17.7 Å². The molecule has 4 N–H and O–H groups in total. The summed E-state index contributed by atoms with van der Waals surface area (Å²) in [4.78, 5) is 34.0. The Hall–Kier alpha value is -3.62. The molecule has 0 bridgehead atoms. The number of nitrogens with zero attached hydrogens (tertiary/aromatic N) is 2. The highest BCUT2D eigenvalue weighted by atomic mass is 19.4. The normalized spacial score (nSPS) is 18.0. The van der Waals surface area contributed by atoms with Crippen LogP contribution in [0.2, 0.25) is 0 Å². The number of hydrogen-bond acceptors (Lipinski definition) is 4. The fraction of sp³-hybridized carbons (Fsp3) is 0.350. The van der Waals surface area contributed by atoms with Gasteiger partial charge in [-0.25, -0.2) is 14.0 Å². The Kier molecular flexibility index (Phi) is 8.49. The van der Waals surface area contributed by atoms with Crippen molar-refractivity contribution in [2.45, 2.75) is 12.4 Å². The molecule has 8 nitrogen and oxygen atoms in total. The molecule has 2 heterocycles. The van der Waals surface area contributed by atoms with Gasteiger partial charge in [-0.15, -0.1) is 0 Å². The number of amides is 2. The number of pyridine rings is 1. The molecule has 1 aliphatic rings. The number of likely N-dealkylation sites (tertiary alicyclic amines) is 1. The van der Waals surface area contributed by atoms with Crippen LogP contribution in [0.15, 0.2) is 47.4 Å². The Bertz CT molecular complexity index is 1120. The van der Waals surface area contributed by atoms with E-state index >= 15 is 0 Å². The van der Waals surface area contributed by atoms with E-state index in [0.717, 1.165) is 11.0 Å². The van der Waals surface area contributed by atoms with Crippen LogP contribution in [-0.2, 0) is 4.79 Å². The molecule has 2 atom stereocenters. The van der Waals surface area contributed by atoms with E-state index in [-0.39, 0.29) is 30.0 Å². The molecule has 0 spiro atoms. The molecule has 3 rings (SSSR count). The second-order valence-electron chi connectivity index (χ2n) is 7.35. The number of carboxylic acid groups (broad SMARTS) is 1. The largest absolute Gasteiger partial charge is 0.490 e. The summed E-state index contributed by atoms with van der Waals surface area (Å²) in [6.45, 7) is -0.898. The van der Waals surface area contributed by atoms with E-state index in [0.29, 0.717) is 0 Å². The number of alkyl halides is 6.